The molecule has 1 saturated heterocycles. The van der Waals surface area contributed by atoms with Gasteiger partial charge in [0, 0.05) is 4.91 Å². The molecule has 1 fully saturated rings. The van der Waals surface area contributed by atoms with E-state index in [1.807, 2.05) is 6.08 Å². The van der Waals surface area contributed by atoms with Crippen molar-refractivity contribution in [3.8, 4) is 0 Å². The Morgan fingerprint density at radius 3 is 2.19 bits per heavy atom. The van der Waals surface area contributed by atoms with Crippen LogP contribution in [0.1, 0.15) is 94.3 Å². The molecule has 0 bridgehead atoms. The van der Waals surface area contributed by atoms with Gasteiger partial charge in [-0.15, -0.1) is 0 Å². The first kappa shape index (κ1) is 35.7. The first-order valence-electron chi connectivity index (χ1n) is 15.3. The molecule has 42 heavy (non-hydrogen) atoms. The zero-order chi connectivity index (χ0) is 30.6. The third kappa shape index (κ3) is 12.8. The number of aliphatic hydroxyl groups excluding tert-OH is 4. The SMILES string of the molecule is CCCCCCCCCCCCC/C=C/[C@@H](OC(=O)c1ccccc1)[C@H](CO[C@H]1O[C@H](CO)[C@@H](O)[C@H](O)[C@@H]1O)N=[N+]=[N-]. The summed E-state index contributed by atoms with van der Waals surface area (Å²) >= 11 is 0. The van der Waals surface area contributed by atoms with Gasteiger partial charge < -0.3 is 34.6 Å². The molecule has 0 aromatic heterocycles. The number of benzene rings is 1. The normalized spacial score (nSPS) is 23.8. The summed E-state index contributed by atoms with van der Waals surface area (Å²) in [4.78, 5) is 15.7. The molecule has 11 nitrogen and oxygen atoms in total. The molecule has 0 saturated carbocycles. The Hall–Kier alpha value is -2.50. The zero-order valence-corrected chi connectivity index (χ0v) is 24.7. The summed E-state index contributed by atoms with van der Waals surface area (Å²) < 4.78 is 16.7. The summed E-state index contributed by atoms with van der Waals surface area (Å²) in [6, 6.07) is 7.40. The number of rotatable bonds is 21. The number of hydrogen-bond acceptors (Lipinski definition) is 9. The molecule has 4 N–H and O–H groups in total. The summed E-state index contributed by atoms with van der Waals surface area (Å²) in [5, 5.41) is 43.5. The van der Waals surface area contributed by atoms with E-state index in [0.29, 0.717) is 5.56 Å². The molecule has 1 aromatic rings. The van der Waals surface area contributed by atoms with Gasteiger partial charge in [-0.25, -0.2) is 4.79 Å². The van der Waals surface area contributed by atoms with Crippen molar-refractivity contribution >= 4 is 5.97 Å². The van der Waals surface area contributed by atoms with E-state index in [9.17, 15) is 30.8 Å². The third-order valence-electron chi connectivity index (χ3n) is 7.41. The van der Waals surface area contributed by atoms with E-state index in [0.717, 1.165) is 19.3 Å². The molecule has 1 aliphatic heterocycles. The predicted molar refractivity (Wildman–Crippen MR) is 159 cm³/mol. The molecule has 0 radical (unpaired) electrons. The zero-order valence-electron chi connectivity index (χ0n) is 24.7. The highest BCUT2D eigenvalue weighted by Gasteiger charge is 2.44. The van der Waals surface area contributed by atoms with Crippen LogP contribution in [0.2, 0.25) is 0 Å². The lowest BCUT2D eigenvalue weighted by atomic mass is 9.99. The molecule has 0 amide bonds. The monoisotopic (exact) mass is 591 g/mol. The van der Waals surface area contributed by atoms with Crippen molar-refractivity contribution in [2.24, 2.45) is 5.11 Å². The molecule has 11 heteroatoms. The van der Waals surface area contributed by atoms with Crippen LogP contribution in [0.5, 0.6) is 0 Å². The van der Waals surface area contributed by atoms with E-state index in [-0.39, 0.29) is 6.61 Å². The second-order valence-electron chi connectivity index (χ2n) is 10.8. The Labute approximate surface area is 249 Å². The highest BCUT2D eigenvalue weighted by atomic mass is 16.7. The molecule has 0 unspecified atom stereocenters. The fourth-order valence-electron chi connectivity index (χ4n) is 4.83. The second-order valence-corrected chi connectivity index (χ2v) is 10.8. The maximum Gasteiger partial charge on any atom is 0.338 e. The van der Waals surface area contributed by atoms with E-state index < -0.39 is 55.4 Å². The van der Waals surface area contributed by atoms with Gasteiger partial charge in [0.25, 0.3) is 0 Å². The van der Waals surface area contributed by atoms with Crippen LogP contribution in [0.15, 0.2) is 47.6 Å². The summed E-state index contributed by atoms with van der Waals surface area (Å²) in [6.07, 6.45) is 9.63. The topological polar surface area (TPSA) is 174 Å². The van der Waals surface area contributed by atoms with Crippen molar-refractivity contribution < 1.29 is 39.4 Å². The van der Waals surface area contributed by atoms with Gasteiger partial charge in [-0.05, 0) is 36.6 Å². The number of carbonyl (C=O) groups is 1. The van der Waals surface area contributed by atoms with Gasteiger partial charge in [-0.2, -0.15) is 0 Å². The highest BCUT2D eigenvalue weighted by molar-refractivity contribution is 5.89. The van der Waals surface area contributed by atoms with Gasteiger partial charge in [-0.1, -0.05) is 101 Å². The average molecular weight is 592 g/mol. The number of aliphatic hydroxyl groups is 4. The van der Waals surface area contributed by atoms with Gasteiger partial charge in [-0.3, -0.25) is 0 Å². The van der Waals surface area contributed by atoms with Crippen LogP contribution in [-0.4, -0.2) is 82.5 Å². The predicted octanol–water partition coefficient (Wildman–Crippen LogP) is 4.96. The molecule has 0 spiro atoms. The maximum atomic E-state index is 12.8. The second kappa shape index (κ2) is 21.2. The molecular weight excluding hydrogens is 542 g/mol. The van der Waals surface area contributed by atoms with Crippen LogP contribution in [0.4, 0.5) is 0 Å². The molecule has 236 valence electrons. The number of ether oxygens (including phenoxy) is 3. The molecule has 0 aliphatic carbocycles. The van der Waals surface area contributed by atoms with Crippen LogP contribution in [-0.2, 0) is 14.2 Å². The van der Waals surface area contributed by atoms with Crippen LogP contribution >= 0.6 is 0 Å². The molecule has 7 atom stereocenters. The Bertz CT molecular complexity index is 941. The number of azide groups is 1. The minimum atomic E-state index is -1.61. The molecular formula is C31H49N3O8. The number of carbonyl (C=O) groups excluding carboxylic acids is 1. The van der Waals surface area contributed by atoms with Crippen molar-refractivity contribution in [2.45, 2.75) is 127 Å². The van der Waals surface area contributed by atoms with Crippen molar-refractivity contribution in [1.29, 1.82) is 0 Å². The first-order valence-corrected chi connectivity index (χ1v) is 15.3. The summed E-state index contributed by atoms with van der Waals surface area (Å²) in [7, 11) is 0. The molecule has 1 aromatic carbocycles. The standard InChI is InChI=1S/C31H49N3O8/c1-2-3-4-5-6-7-8-9-10-11-12-13-17-20-25(41-30(39)23-18-15-14-16-19-23)24(33-34-32)22-40-31-29(38)28(37)27(36)26(21-35)42-31/h14-20,24-29,31,35-38H,2-13,21-22H2,1H3/b20-17+/t24-,25+,26+,27+,28-,29-,31-/m0/s1. The fourth-order valence-corrected chi connectivity index (χ4v) is 4.83. The summed E-state index contributed by atoms with van der Waals surface area (Å²) in [6.45, 7) is 1.29. The van der Waals surface area contributed by atoms with E-state index in [1.165, 1.54) is 57.8 Å². The number of nitrogens with zero attached hydrogens (tertiary/aromatic N) is 3. The molecule has 1 aliphatic rings. The number of hydrogen-bond donors (Lipinski definition) is 4. The summed E-state index contributed by atoms with van der Waals surface area (Å²) in [5.41, 5.74) is 9.55. The maximum absolute atomic E-state index is 12.8. The fraction of sp³-hybridized carbons (Fsp3) is 0.710. The summed E-state index contributed by atoms with van der Waals surface area (Å²) in [5.74, 6) is -0.606. The lowest BCUT2D eigenvalue weighted by Gasteiger charge is -2.40. The molecule has 2 rings (SSSR count). The third-order valence-corrected chi connectivity index (χ3v) is 7.41. The highest BCUT2D eigenvalue weighted by Crippen LogP contribution is 2.23. The Morgan fingerprint density at radius 2 is 1.60 bits per heavy atom. The Morgan fingerprint density at radius 1 is 0.976 bits per heavy atom. The lowest BCUT2D eigenvalue weighted by Crippen LogP contribution is -2.59. The number of allylic oxidation sites excluding steroid dienone is 1. The quantitative estimate of drug-likeness (QED) is 0.0387. The molecule has 1 heterocycles. The van der Waals surface area contributed by atoms with Gasteiger partial charge in [0.05, 0.1) is 18.8 Å². The van der Waals surface area contributed by atoms with Gasteiger partial charge >= 0.3 is 5.97 Å². The van der Waals surface area contributed by atoms with Crippen LogP contribution in [0.3, 0.4) is 0 Å². The smallest absolute Gasteiger partial charge is 0.338 e. The van der Waals surface area contributed by atoms with E-state index in [4.69, 9.17) is 14.2 Å². The van der Waals surface area contributed by atoms with E-state index in [2.05, 4.69) is 16.9 Å². The van der Waals surface area contributed by atoms with Crippen molar-refractivity contribution in [1.82, 2.24) is 0 Å². The van der Waals surface area contributed by atoms with E-state index >= 15 is 0 Å². The Balaban J connectivity index is 1.93. The number of esters is 1. The Kier molecular flexibility index (Phi) is 18.0. The van der Waals surface area contributed by atoms with Crippen LogP contribution in [0, 0.1) is 0 Å². The van der Waals surface area contributed by atoms with Crippen molar-refractivity contribution in [3.05, 3.63) is 58.5 Å². The van der Waals surface area contributed by atoms with E-state index in [1.54, 1.807) is 36.4 Å². The minimum absolute atomic E-state index is 0.329. The average Bonchev–Trinajstić information content (AvgIpc) is 3.01. The van der Waals surface area contributed by atoms with Crippen molar-refractivity contribution in [3.63, 3.8) is 0 Å². The minimum Gasteiger partial charge on any atom is -0.454 e. The van der Waals surface area contributed by atoms with Gasteiger partial charge in [0.15, 0.2) is 6.29 Å². The van der Waals surface area contributed by atoms with Gasteiger partial charge in [0.1, 0.15) is 36.6 Å². The van der Waals surface area contributed by atoms with Gasteiger partial charge in [0.2, 0.25) is 0 Å². The lowest BCUT2D eigenvalue weighted by molar-refractivity contribution is -0.302. The first-order chi connectivity index (χ1) is 20.4. The van der Waals surface area contributed by atoms with Crippen LogP contribution in [0.25, 0.3) is 10.4 Å². The van der Waals surface area contributed by atoms with Crippen LogP contribution < -0.4 is 0 Å². The largest absolute Gasteiger partial charge is 0.454 e. The van der Waals surface area contributed by atoms with Crippen molar-refractivity contribution in [2.75, 3.05) is 13.2 Å². The number of unbranched alkanes of at least 4 members (excludes halogenated alkanes) is 11.